The van der Waals surface area contributed by atoms with Crippen molar-refractivity contribution in [2.24, 2.45) is 0 Å². The van der Waals surface area contributed by atoms with E-state index < -0.39 is 0 Å². The quantitative estimate of drug-likeness (QED) is 0.179. The molecule has 4 heterocycles. The highest BCUT2D eigenvalue weighted by molar-refractivity contribution is 7.27. The molecule has 11 aromatic rings. The Labute approximate surface area is 277 Å². The van der Waals surface area contributed by atoms with Gasteiger partial charge >= 0.3 is 0 Å². The summed E-state index contributed by atoms with van der Waals surface area (Å²) in [6.45, 7) is 0. The minimum Gasteiger partial charge on any atom is -0.452 e. The van der Waals surface area contributed by atoms with Crippen LogP contribution in [0.2, 0.25) is 0 Å². The second kappa shape index (κ2) is 9.67. The number of hydrogen-bond donors (Lipinski definition) is 0. The van der Waals surface area contributed by atoms with E-state index in [1.807, 2.05) is 29.5 Å². The van der Waals surface area contributed by atoms with E-state index in [0.29, 0.717) is 11.4 Å². The predicted octanol–water partition coefficient (Wildman–Crippen LogP) is 12.1. The summed E-state index contributed by atoms with van der Waals surface area (Å²) in [7, 11) is 0. The van der Waals surface area contributed by atoms with Gasteiger partial charge in [-0.05, 0) is 45.8 Å². The Morgan fingerprint density at radius 1 is 0.458 bits per heavy atom. The van der Waals surface area contributed by atoms with Crippen molar-refractivity contribution in [2.45, 2.75) is 0 Å². The van der Waals surface area contributed by atoms with Gasteiger partial charge in [0.2, 0.25) is 0 Å². The Morgan fingerprint density at radius 2 is 1.12 bits per heavy atom. The molecule has 0 spiro atoms. The highest BCUT2D eigenvalue weighted by Crippen LogP contribution is 2.48. The van der Waals surface area contributed by atoms with Crippen molar-refractivity contribution in [1.29, 1.82) is 0 Å². The van der Waals surface area contributed by atoms with Gasteiger partial charge in [-0.15, -0.1) is 11.3 Å². The third-order valence-electron chi connectivity index (χ3n) is 9.66. The first kappa shape index (κ1) is 26.0. The van der Waals surface area contributed by atoms with Crippen LogP contribution in [-0.2, 0) is 0 Å². The number of furan rings is 1. The van der Waals surface area contributed by atoms with Gasteiger partial charge in [-0.3, -0.25) is 0 Å². The molecule has 48 heavy (non-hydrogen) atoms. The van der Waals surface area contributed by atoms with E-state index in [1.54, 1.807) is 0 Å². The zero-order valence-electron chi connectivity index (χ0n) is 25.4. The fourth-order valence-electron chi connectivity index (χ4n) is 7.59. The third kappa shape index (κ3) is 3.51. The predicted molar refractivity (Wildman–Crippen MR) is 201 cm³/mol. The molecule has 0 aliphatic rings. The van der Waals surface area contributed by atoms with Gasteiger partial charge in [0.05, 0.1) is 5.52 Å². The van der Waals surface area contributed by atoms with Crippen molar-refractivity contribution in [2.75, 3.05) is 0 Å². The van der Waals surface area contributed by atoms with Crippen molar-refractivity contribution < 1.29 is 4.42 Å². The van der Waals surface area contributed by atoms with Crippen LogP contribution in [0.15, 0.2) is 144 Å². The molecule has 4 nitrogen and oxygen atoms in total. The van der Waals surface area contributed by atoms with Crippen molar-refractivity contribution in [3.8, 4) is 22.8 Å². The number of para-hydroxylation sites is 2. The average molecular weight is 630 g/mol. The Morgan fingerprint density at radius 3 is 2.00 bits per heavy atom. The Balaban J connectivity index is 1.38. The molecular formula is C43H23N3OS. The summed E-state index contributed by atoms with van der Waals surface area (Å²) in [5.41, 5.74) is 5.71. The first-order valence-corrected chi connectivity index (χ1v) is 16.9. The van der Waals surface area contributed by atoms with Crippen LogP contribution in [0.3, 0.4) is 0 Å². The monoisotopic (exact) mass is 629 g/mol. The van der Waals surface area contributed by atoms with E-state index in [1.165, 1.54) is 36.3 Å². The smallest absolute Gasteiger partial charge is 0.180 e. The van der Waals surface area contributed by atoms with Crippen LogP contribution in [0.5, 0.6) is 0 Å². The van der Waals surface area contributed by atoms with E-state index in [-0.39, 0.29) is 0 Å². The molecule has 0 aliphatic carbocycles. The molecule has 4 aromatic heterocycles. The lowest BCUT2D eigenvalue weighted by molar-refractivity contribution is 0.667. The molecule has 0 saturated carbocycles. The maximum atomic E-state index is 6.56. The van der Waals surface area contributed by atoms with Gasteiger partial charge in [0.25, 0.3) is 0 Å². The Kier molecular flexibility index (Phi) is 5.23. The maximum Gasteiger partial charge on any atom is 0.180 e. The topological polar surface area (TPSA) is 51.8 Å². The summed E-state index contributed by atoms with van der Waals surface area (Å²) in [6.07, 6.45) is 0. The molecule has 0 saturated heterocycles. The van der Waals surface area contributed by atoms with E-state index in [4.69, 9.17) is 19.4 Å². The van der Waals surface area contributed by atoms with Gasteiger partial charge < -0.3 is 4.42 Å². The van der Waals surface area contributed by atoms with Gasteiger partial charge in [0.1, 0.15) is 22.5 Å². The fraction of sp³-hybridized carbons (Fsp3) is 0. The number of rotatable bonds is 2. The molecule has 0 N–H and O–H groups in total. The SMILES string of the molecule is c1ccc2c(-c3nc(-c4nc5ccccc5c5c6ccccc6c6c7ccccc7sc6c45)nc4c3oc3ccccc34)cccc2c1. The molecule has 222 valence electrons. The van der Waals surface area contributed by atoms with Gasteiger partial charge in [-0.1, -0.05) is 115 Å². The van der Waals surface area contributed by atoms with Crippen LogP contribution < -0.4 is 0 Å². The minimum atomic E-state index is 0.585. The van der Waals surface area contributed by atoms with Gasteiger partial charge in [-0.2, -0.15) is 0 Å². The summed E-state index contributed by atoms with van der Waals surface area (Å²) in [4.78, 5) is 16.2. The van der Waals surface area contributed by atoms with E-state index in [9.17, 15) is 0 Å². The number of thiophene rings is 1. The average Bonchev–Trinajstić information content (AvgIpc) is 3.73. The number of aromatic nitrogens is 3. The molecule has 0 unspecified atom stereocenters. The summed E-state index contributed by atoms with van der Waals surface area (Å²) >= 11 is 1.82. The van der Waals surface area contributed by atoms with Crippen LogP contribution >= 0.6 is 11.3 Å². The molecule has 5 heteroatoms. The molecule has 0 radical (unpaired) electrons. The van der Waals surface area contributed by atoms with Crippen molar-refractivity contribution in [3.05, 3.63) is 140 Å². The molecule has 11 rings (SSSR count). The van der Waals surface area contributed by atoms with Crippen LogP contribution in [0.25, 0.3) is 108 Å². The van der Waals surface area contributed by atoms with Gasteiger partial charge in [0.15, 0.2) is 11.4 Å². The lowest BCUT2D eigenvalue weighted by Gasteiger charge is -2.15. The van der Waals surface area contributed by atoms with Gasteiger partial charge in [-0.25, -0.2) is 15.0 Å². The molecule has 7 aromatic carbocycles. The van der Waals surface area contributed by atoms with E-state index in [0.717, 1.165) is 60.5 Å². The number of fused-ring (bicyclic) bond motifs is 14. The second-order valence-electron chi connectivity index (χ2n) is 12.3. The number of pyridine rings is 1. The normalized spacial score (nSPS) is 12.2. The summed E-state index contributed by atoms with van der Waals surface area (Å²) in [5.74, 6) is 0.585. The minimum absolute atomic E-state index is 0.585. The molecular weight excluding hydrogens is 607 g/mol. The van der Waals surface area contributed by atoms with Crippen molar-refractivity contribution in [3.63, 3.8) is 0 Å². The van der Waals surface area contributed by atoms with E-state index >= 15 is 0 Å². The summed E-state index contributed by atoms with van der Waals surface area (Å²) in [5, 5.41) is 11.5. The molecule has 0 amide bonds. The lowest BCUT2D eigenvalue weighted by Crippen LogP contribution is -1.98. The molecule has 0 bridgehead atoms. The second-order valence-corrected chi connectivity index (χ2v) is 13.3. The van der Waals surface area contributed by atoms with E-state index in [2.05, 4.69) is 121 Å². The Hall–Kier alpha value is -6.17. The molecule has 0 atom stereocenters. The number of benzene rings is 7. The largest absolute Gasteiger partial charge is 0.452 e. The standard InChI is InChI=1S/C43H23N3OS/c1-2-14-25-24(12-1)13-11-20-28(25)38-41-39(30-18-6-9-22-33(30)47-41)46-43(45-38)40-37-35(29-17-5-8-21-32(29)44-40)26-15-3-4-16-27(26)36-31-19-7-10-23-34(31)48-42(36)37/h1-23H. The zero-order valence-corrected chi connectivity index (χ0v) is 26.3. The van der Waals surface area contributed by atoms with Crippen molar-refractivity contribution >= 4 is 96.8 Å². The summed E-state index contributed by atoms with van der Waals surface area (Å²) < 4.78 is 9.01. The number of hydrogen-bond acceptors (Lipinski definition) is 5. The van der Waals surface area contributed by atoms with Crippen molar-refractivity contribution in [1.82, 2.24) is 15.0 Å². The van der Waals surface area contributed by atoms with Gasteiger partial charge in [0, 0.05) is 47.3 Å². The first-order chi connectivity index (χ1) is 23.8. The fourth-order valence-corrected chi connectivity index (χ4v) is 8.86. The van der Waals surface area contributed by atoms with Crippen LogP contribution in [0.4, 0.5) is 0 Å². The lowest BCUT2D eigenvalue weighted by atomic mass is 9.93. The van der Waals surface area contributed by atoms with Crippen LogP contribution in [0, 0.1) is 0 Å². The first-order valence-electron chi connectivity index (χ1n) is 16.0. The maximum absolute atomic E-state index is 6.56. The Bertz CT molecular complexity index is 3130. The zero-order chi connectivity index (χ0) is 31.3. The number of nitrogens with zero attached hydrogens (tertiary/aromatic N) is 3. The van der Waals surface area contributed by atoms with Crippen LogP contribution in [0.1, 0.15) is 0 Å². The van der Waals surface area contributed by atoms with Crippen LogP contribution in [-0.4, -0.2) is 15.0 Å². The third-order valence-corrected chi connectivity index (χ3v) is 10.8. The highest BCUT2D eigenvalue weighted by Gasteiger charge is 2.25. The molecule has 0 aliphatic heterocycles. The summed E-state index contributed by atoms with van der Waals surface area (Å²) in [6, 6.07) is 48.8. The highest BCUT2D eigenvalue weighted by atomic mass is 32.1. The molecule has 0 fully saturated rings.